The molecule has 3 aromatic heterocycles. The zero-order chi connectivity index (χ0) is 41.4. The standard InChI is InChI=1S/C38H43ClF3N11O5/c1-43-29-6-3-24(18-45-29)32-31(33(49-48-32)38(40,41)42)28-19-46-34(50(28)2)35(56)47-25-4-5-26(27(39)15-25)37(58)52-11-9-51(10-12-52)36(57)23-7-13-53(14-8-23,21-30(54)55)20-22-16-44-17-22/h3-6,15,18-19,22-23,44H,7-14,16-17,20-21H2,1-2H3,(H3-,43,45,46,47,48,49,54,55,56,58)/p+1. The highest BCUT2D eigenvalue weighted by Crippen LogP contribution is 2.41. The molecule has 3 amide bonds. The number of alkyl halides is 3. The van der Waals surface area contributed by atoms with Gasteiger partial charge in [-0.15, -0.1) is 0 Å². The number of anilines is 2. The monoisotopic (exact) mass is 826 g/mol. The van der Waals surface area contributed by atoms with Crippen molar-refractivity contribution >= 4 is 46.8 Å². The van der Waals surface area contributed by atoms with Crippen LogP contribution >= 0.6 is 11.6 Å². The number of hydrogen-bond donors (Lipinski definition) is 5. The summed E-state index contributed by atoms with van der Waals surface area (Å²) >= 11 is 6.56. The number of aromatic nitrogens is 5. The molecule has 1 aromatic carbocycles. The zero-order valence-corrected chi connectivity index (χ0v) is 32.7. The van der Waals surface area contributed by atoms with E-state index in [4.69, 9.17) is 11.6 Å². The van der Waals surface area contributed by atoms with Crippen LogP contribution in [0.5, 0.6) is 0 Å². The molecule has 0 atom stereocenters. The summed E-state index contributed by atoms with van der Waals surface area (Å²) in [5, 5.41) is 24.4. The molecule has 3 aliphatic heterocycles. The number of nitrogens with one attached hydrogen (secondary N) is 4. The fourth-order valence-corrected chi connectivity index (χ4v) is 8.39. The number of quaternary nitrogens is 1. The third kappa shape index (κ3) is 8.37. The van der Waals surface area contributed by atoms with Crippen molar-refractivity contribution in [3.63, 3.8) is 0 Å². The largest absolute Gasteiger partial charge is 0.477 e. The Balaban J connectivity index is 0.968. The quantitative estimate of drug-likeness (QED) is 0.140. The van der Waals surface area contributed by atoms with Crippen molar-refractivity contribution < 1.29 is 41.9 Å². The van der Waals surface area contributed by atoms with Crippen LogP contribution in [0.1, 0.15) is 39.5 Å². The summed E-state index contributed by atoms with van der Waals surface area (Å²) in [6.45, 7) is 5.25. The molecule has 0 spiro atoms. The van der Waals surface area contributed by atoms with Crippen molar-refractivity contribution in [3.8, 4) is 22.5 Å². The summed E-state index contributed by atoms with van der Waals surface area (Å²) in [6.07, 6.45) is -1.00. The average Bonchev–Trinajstić information content (AvgIpc) is 3.80. The van der Waals surface area contributed by atoms with Gasteiger partial charge in [-0.25, -0.2) is 14.8 Å². The first-order valence-corrected chi connectivity index (χ1v) is 19.3. The number of likely N-dealkylation sites (tertiary alicyclic amines) is 1. The van der Waals surface area contributed by atoms with E-state index < -0.39 is 23.7 Å². The first kappa shape index (κ1) is 40.7. The smallest absolute Gasteiger partial charge is 0.433 e. The Morgan fingerprint density at radius 2 is 1.71 bits per heavy atom. The Morgan fingerprint density at radius 3 is 2.29 bits per heavy atom. The minimum absolute atomic E-state index is 0.0207. The van der Waals surface area contributed by atoms with Crippen LogP contribution in [0.25, 0.3) is 22.5 Å². The molecule has 3 saturated heterocycles. The number of carboxylic acid groups (broad SMARTS) is 1. The van der Waals surface area contributed by atoms with Crippen molar-refractivity contribution in [1.82, 2.24) is 39.8 Å². The van der Waals surface area contributed by atoms with Crippen molar-refractivity contribution in [2.45, 2.75) is 19.0 Å². The van der Waals surface area contributed by atoms with Crippen LogP contribution in [0.3, 0.4) is 0 Å². The lowest BCUT2D eigenvalue weighted by molar-refractivity contribution is -0.929. The van der Waals surface area contributed by atoms with Crippen molar-refractivity contribution in [2.75, 3.05) is 83.1 Å². The third-order valence-corrected chi connectivity index (χ3v) is 11.7. The maximum Gasteiger partial charge on any atom is 0.433 e. The fourth-order valence-electron chi connectivity index (χ4n) is 8.13. The highest BCUT2D eigenvalue weighted by molar-refractivity contribution is 6.34. The molecule has 0 bridgehead atoms. The molecule has 0 radical (unpaired) electrons. The van der Waals surface area contributed by atoms with E-state index in [1.165, 1.54) is 36.0 Å². The van der Waals surface area contributed by atoms with Crippen LogP contribution in [-0.2, 0) is 22.8 Å². The first-order valence-electron chi connectivity index (χ1n) is 18.9. The van der Waals surface area contributed by atoms with Gasteiger partial charge in [0.1, 0.15) is 17.2 Å². The number of halogens is 4. The van der Waals surface area contributed by atoms with Gasteiger partial charge in [-0.3, -0.25) is 19.5 Å². The lowest BCUT2D eigenvalue weighted by atomic mass is 9.90. The molecule has 20 heteroatoms. The van der Waals surface area contributed by atoms with E-state index in [0.29, 0.717) is 73.9 Å². The first-order chi connectivity index (χ1) is 27.7. The number of imidazole rings is 1. The van der Waals surface area contributed by atoms with Gasteiger partial charge in [0.15, 0.2) is 12.4 Å². The highest BCUT2D eigenvalue weighted by Gasteiger charge is 2.43. The minimum Gasteiger partial charge on any atom is -0.477 e. The highest BCUT2D eigenvalue weighted by atomic mass is 35.5. The Hall–Kier alpha value is -5.53. The number of aromatic amines is 1. The number of carbonyl (C=O) groups excluding carboxylic acids is 3. The lowest BCUT2D eigenvalue weighted by Gasteiger charge is -2.46. The Bertz CT molecular complexity index is 2190. The molecule has 3 fully saturated rings. The van der Waals surface area contributed by atoms with Crippen LogP contribution in [0, 0.1) is 11.8 Å². The van der Waals surface area contributed by atoms with Gasteiger partial charge in [-0.05, 0) is 30.3 Å². The minimum atomic E-state index is -4.80. The Morgan fingerprint density at radius 1 is 1.00 bits per heavy atom. The van der Waals surface area contributed by atoms with Gasteiger partial charge in [-0.2, -0.15) is 18.3 Å². The summed E-state index contributed by atoms with van der Waals surface area (Å²) < 4.78 is 44.2. The second kappa shape index (κ2) is 16.4. The number of H-pyrrole nitrogens is 1. The normalized spacial score (nSPS) is 20.1. The number of piperidine rings is 1. The Labute approximate surface area is 336 Å². The van der Waals surface area contributed by atoms with Gasteiger partial charge >= 0.3 is 12.1 Å². The number of nitrogens with zero attached hydrogens (tertiary/aromatic N) is 7. The molecule has 58 heavy (non-hydrogen) atoms. The van der Waals surface area contributed by atoms with Crippen LogP contribution in [0.2, 0.25) is 5.02 Å². The zero-order valence-electron chi connectivity index (χ0n) is 31.9. The topological polar surface area (TPSA) is 190 Å². The summed E-state index contributed by atoms with van der Waals surface area (Å²) in [4.78, 5) is 63.8. The summed E-state index contributed by atoms with van der Waals surface area (Å²) in [5.74, 6) is -1.27. The van der Waals surface area contributed by atoms with Gasteiger partial charge < -0.3 is 39.9 Å². The van der Waals surface area contributed by atoms with Crippen molar-refractivity contribution in [3.05, 3.63) is 64.8 Å². The predicted octanol–water partition coefficient (Wildman–Crippen LogP) is 3.65. The van der Waals surface area contributed by atoms with Gasteiger partial charge in [0.2, 0.25) is 5.91 Å². The molecule has 0 aliphatic carbocycles. The van der Waals surface area contributed by atoms with Crippen molar-refractivity contribution in [2.24, 2.45) is 18.9 Å². The molecule has 6 heterocycles. The number of benzene rings is 1. The van der Waals surface area contributed by atoms with E-state index in [1.807, 2.05) is 0 Å². The SMILES string of the molecule is CNc1ccc(-c2n[nH]c(C(F)(F)F)c2-c2cnc(C(=O)Nc3ccc(C(=O)N4CCN(C(=O)C5CC[N+](CC(=O)O)(CC6CNC6)CC5)CC4)c(Cl)c3)n2C)cn1. The number of hydrogen-bond acceptors (Lipinski definition) is 9. The van der Waals surface area contributed by atoms with Crippen molar-refractivity contribution in [1.29, 1.82) is 0 Å². The Kier molecular flexibility index (Phi) is 11.5. The molecule has 3 aliphatic rings. The van der Waals surface area contributed by atoms with Crippen LogP contribution in [0.15, 0.2) is 42.7 Å². The summed E-state index contributed by atoms with van der Waals surface area (Å²) in [6, 6.07) is 7.54. The molecule has 7 rings (SSSR count). The number of aliphatic carboxylic acids is 1. The molecule has 16 nitrogen and oxygen atoms in total. The van der Waals surface area contributed by atoms with Crippen LogP contribution in [-0.4, -0.2) is 140 Å². The van der Waals surface area contributed by atoms with E-state index in [-0.39, 0.29) is 63.3 Å². The molecule has 0 saturated carbocycles. The number of amides is 3. The number of rotatable bonds is 11. The lowest BCUT2D eigenvalue weighted by Crippen LogP contribution is -2.62. The molecule has 0 unspecified atom stereocenters. The molecular formula is C38H44ClF3N11O5+. The van der Waals surface area contributed by atoms with E-state index in [1.54, 1.807) is 29.0 Å². The fraction of sp³-hybridized carbons (Fsp3) is 0.447. The van der Waals surface area contributed by atoms with E-state index in [0.717, 1.165) is 25.8 Å². The average molecular weight is 827 g/mol. The summed E-state index contributed by atoms with van der Waals surface area (Å²) in [5.41, 5.74) is -0.731. The predicted molar refractivity (Wildman–Crippen MR) is 207 cm³/mol. The second-order valence-corrected chi connectivity index (χ2v) is 15.5. The third-order valence-electron chi connectivity index (χ3n) is 11.4. The molecule has 308 valence electrons. The molecular weight excluding hydrogens is 783 g/mol. The van der Waals surface area contributed by atoms with Gasteiger partial charge in [0, 0.05) is 95.5 Å². The number of pyridine rings is 1. The molecule has 4 aromatic rings. The van der Waals surface area contributed by atoms with Gasteiger partial charge in [0.05, 0.1) is 47.7 Å². The summed E-state index contributed by atoms with van der Waals surface area (Å²) in [7, 11) is 3.07. The van der Waals surface area contributed by atoms with E-state index >= 15 is 0 Å². The molecule has 5 N–H and O–H groups in total. The second-order valence-electron chi connectivity index (χ2n) is 15.1. The maximum absolute atomic E-state index is 14.1. The van der Waals surface area contributed by atoms with E-state index in [9.17, 15) is 37.5 Å². The van der Waals surface area contributed by atoms with Gasteiger partial charge in [-0.1, -0.05) is 11.6 Å². The number of piperazine rings is 1. The van der Waals surface area contributed by atoms with Crippen LogP contribution in [0.4, 0.5) is 24.7 Å². The maximum atomic E-state index is 14.1. The van der Waals surface area contributed by atoms with Gasteiger partial charge in [0.25, 0.3) is 11.8 Å². The number of carbonyl (C=O) groups is 4. The van der Waals surface area contributed by atoms with E-state index in [2.05, 4.69) is 36.1 Å². The van der Waals surface area contributed by atoms with Crippen LogP contribution < -0.4 is 16.0 Å². The number of carboxylic acids is 1.